The number of benzene rings is 1. The fourth-order valence-corrected chi connectivity index (χ4v) is 1.82. The maximum absolute atomic E-state index is 10.8. The molecule has 0 amide bonds. The van der Waals surface area contributed by atoms with Crippen molar-refractivity contribution in [2.24, 2.45) is 0 Å². The van der Waals surface area contributed by atoms with Crippen molar-refractivity contribution in [1.82, 2.24) is 0 Å². The number of halogens is 1. The summed E-state index contributed by atoms with van der Waals surface area (Å²) in [6.07, 6.45) is 0. The molecule has 3 heteroatoms. The van der Waals surface area contributed by atoms with Gasteiger partial charge in [-0.05, 0) is 29.3 Å². The van der Waals surface area contributed by atoms with Gasteiger partial charge in [0.2, 0.25) is 0 Å². The Morgan fingerprint density at radius 2 is 2.09 bits per heavy atom. The van der Waals surface area contributed by atoms with Crippen molar-refractivity contribution in [2.45, 2.75) is 6.04 Å². The van der Waals surface area contributed by atoms with Crippen LogP contribution in [-0.2, 0) is 6.04 Å². The normalized spacial score (nSPS) is 9.91. The van der Waals surface area contributed by atoms with Gasteiger partial charge in [0.25, 0.3) is 5.24 Å². The van der Waals surface area contributed by atoms with E-state index >= 15 is 0 Å². The van der Waals surface area contributed by atoms with E-state index in [2.05, 4.69) is 0 Å². The average Bonchev–Trinajstić information content (AvgIpc) is 2.04. The second-order valence-corrected chi connectivity index (χ2v) is 3.33. The van der Waals surface area contributed by atoms with Gasteiger partial charge < -0.3 is 0 Å². The molecule has 0 aromatic heterocycles. The lowest BCUT2D eigenvalue weighted by Gasteiger charge is -2.00. The van der Waals surface area contributed by atoms with Crippen molar-refractivity contribution in [2.75, 3.05) is 0 Å². The molecule has 1 nitrogen and oxygen atoms in total. The van der Waals surface area contributed by atoms with Gasteiger partial charge in [-0.2, -0.15) is 0 Å². The van der Waals surface area contributed by atoms with E-state index in [4.69, 9.17) is 11.6 Å². The Kier molecular flexibility index (Phi) is 2.85. The van der Waals surface area contributed by atoms with E-state index in [9.17, 15) is 4.79 Å². The minimum absolute atomic E-state index is 0.351. The fourth-order valence-electron chi connectivity index (χ4n) is 1.02. The van der Waals surface area contributed by atoms with Gasteiger partial charge in [-0.25, -0.2) is 0 Å². The van der Waals surface area contributed by atoms with E-state index in [1.54, 1.807) is 6.07 Å². The highest BCUT2D eigenvalue weighted by Gasteiger charge is 2.04. The summed E-state index contributed by atoms with van der Waals surface area (Å²) in [5.41, 5.74) is 1.73. The van der Waals surface area contributed by atoms with Crippen LogP contribution < -0.4 is 0 Å². The molecule has 1 aromatic carbocycles. The topological polar surface area (TPSA) is 17.1 Å². The monoisotopic (exact) mass is 184 g/mol. The SMILES string of the molecule is O=C(Cl)c1ccccc1C[SiH3]. The molecule has 0 saturated heterocycles. The zero-order valence-electron chi connectivity index (χ0n) is 6.30. The second kappa shape index (κ2) is 3.69. The Labute approximate surface area is 73.8 Å². The standard InChI is InChI=1S/C8H9ClOSi/c9-8(10)7-4-2-1-3-6(7)5-11/h1-4H,5H2,11H3. The smallest absolute Gasteiger partial charge is 0.252 e. The maximum Gasteiger partial charge on any atom is 0.252 e. The average molecular weight is 185 g/mol. The second-order valence-electron chi connectivity index (χ2n) is 2.28. The Bertz CT molecular complexity index is 273. The molecule has 0 bridgehead atoms. The van der Waals surface area contributed by atoms with Crippen LogP contribution in [0.4, 0.5) is 0 Å². The summed E-state index contributed by atoms with van der Waals surface area (Å²) >= 11 is 5.36. The van der Waals surface area contributed by atoms with Gasteiger partial charge >= 0.3 is 0 Å². The molecule has 0 radical (unpaired) electrons. The van der Waals surface area contributed by atoms with E-state index in [0.717, 1.165) is 21.9 Å². The van der Waals surface area contributed by atoms with Gasteiger partial charge in [0.15, 0.2) is 0 Å². The van der Waals surface area contributed by atoms with Crippen LogP contribution in [0.3, 0.4) is 0 Å². The van der Waals surface area contributed by atoms with Crippen LogP contribution in [0, 0.1) is 0 Å². The summed E-state index contributed by atoms with van der Waals surface area (Å²) in [7, 11) is 1.06. The first-order chi connectivity index (χ1) is 5.25. The van der Waals surface area contributed by atoms with Gasteiger partial charge in [-0.3, -0.25) is 4.79 Å². The Hall–Kier alpha value is -0.603. The minimum atomic E-state index is -0.351. The lowest BCUT2D eigenvalue weighted by Crippen LogP contribution is -1.96. The predicted molar refractivity (Wildman–Crippen MR) is 50.3 cm³/mol. The molecule has 0 aliphatic heterocycles. The van der Waals surface area contributed by atoms with Gasteiger partial charge in [-0.1, -0.05) is 18.2 Å². The summed E-state index contributed by atoms with van der Waals surface area (Å²) in [6.45, 7) is 0. The Morgan fingerprint density at radius 1 is 1.45 bits per heavy atom. The molecule has 0 fully saturated rings. The fraction of sp³-hybridized carbons (Fsp3) is 0.125. The Morgan fingerprint density at radius 3 is 2.55 bits per heavy atom. The third-order valence-corrected chi connectivity index (χ3v) is 2.58. The van der Waals surface area contributed by atoms with Crippen molar-refractivity contribution < 1.29 is 4.79 Å². The number of hydrogen-bond donors (Lipinski definition) is 0. The molecule has 11 heavy (non-hydrogen) atoms. The molecule has 0 N–H and O–H groups in total. The van der Waals surface area contributed by atoms with Gasteiger partial charge in [0.05, 0.1) is 0 Å². The first kappa shape index (κ1) is 8.49. The molecule has 0 aliphatic carbocycles. The van der Waals surface area contributed by atoms with Crippen molar-refractivity contribution in [1.29, 1.82) is 0 Å². The van der Waals surface area contributed by atoms with E-state index in [0.29, 0.717) is 5.56 Å². The van der Waals surface area contributed by atoms with Crippen LogP contribution in [0.2, 0.25) is 0 Å². The van der Waals surface area contributed by atoms with Gasteiger partial charge in [-0.15, -0.1) is 0 Å². The van der Waals surface area contributed by atoms with Crippen LogP contribution >= 0.6 is 11.6 Å². The van der Waals surface area contributed by atoms with Crippen molar-refractivity contribution in [3.8, 4) is 0 Å². The molecule has 0 unspecified atom stereocenters. The largest absolute Gasteiger partial charge is 0.276 e. The van der Waals surface area contributed by atoms with Crippen LogP contribution in [0.25, 0.3) is 0 Å². The molecule has 1 rings (SSSR count). The lowest BCUT2D eigenvalue weighted by molar-refractivity contribution is 0.108. The quantitative estimate of drug-likeness (QED) is 0.494. The Balaban J connectivity index is 3.12. The summed E-state index contributed by atoms with van der Waals surface area (Å²) in [6, 6.07) is 8.45. The number of carbonyl (C=O) groups excluding carboxylic acids is 1. The highest BCUT2D eigenvalue weighted by atomic mass is 35.5. The van der Waals surface area contributed by atoms with Gasteiger partial charge in [0.1, 0.15) is 0 Å². The van der Waals surface area contributed by atoms with Crippen LogP contribution in [-0.4, -0.2) is 15.5 Å². The van der Waals surface area contributed by atoms with Gasteiger partial charge in [0, 0.05) is 15.8 Å². The molecular formula is C8H9ClOSi. The van der Waals surface area contributed by atoms with Crippen LogP contribution in [0.1, 0.15) is 15.9 Å². The summed E-state index contributed by atoms with van der Waals surface area (Å²) < 4.78 is 0. The molecule has 0 heterocycles. The molecular weight excluding hydrogens is 176 g/mol. The molecule has 0 saturated carbocycles. The van der Waals surface area contributed by atoms with E-state index in [-0.39, 0.29) is 5.24 Å². The molecule has 0 atom stereocenters. The molecule has 58 valence electrons. The minimum Gasteiger partial charge on any atom is -0.276 e. The maximum atomic E-state index is 10.8. The summed E-state index contributed by atoms with van der Waals surface area (Å²) in [4.78, 5) is 10.8. The van der Waals surface area contributed by atoms with Crippen LogP contribution in [0.15, 0.2) is 24.3 Å². The third-order valence-electron chi connectivity index (χ3n) is 1.61. The predicted octanol–water partition coefficient (Wildman–Crippen LogP) is 0.931. The van der Waals surface area contributed by atoms with Crippen LogP contribution in [0.5, 0.6) is 0 Å². The first-order valence-electron chi connectivity index (χ1n) is 3.53. The zero-order valence-corrected chi connectivity index (χ0v) is 9.06. The lowest BCUT2D eigenvalue weighted by atomic mass is 10.1. The van der Waals surface area contributed by atoms with Crippen molar-refractivity contribution >= 4 is 27.1 Å². The highest BCUT2D eigenvalue weighted by Crippen LogP contribution is 2.10. The number of rotatable bonds is 2. The molecule has 0 spiro atoms. The van der Waals surface area contributed by atoms with E-state index < -0.39 is 0 Å². The van der Waals surface area contributed by atoms with E-state index in [1.807, 2.05) is 18.2 Å². The molecule has 1 aromatic rings. The van der Waals surface area contributed by atoms with Crippen molar-refractivity contribution in [3.05, 3.63) is 35.4 Å². The summed E-state index contributed by atoms with van der Waals surface area (Å²) in [5, 5.41) is -0.351. The highest BCUT2D eigenvalue weighted by molar-refractivity contribution is 6.68. The zero-order chi connectivity index (χ0) is 8.27. The van der Waals surface area contributed by atoms with E-state index in [1.165, 1.54) is 0 Å². The number of carbonyl (C=O) groups is 1. The van der Waals surface area contributed by atoms with Crippen molar-refractivity contribution in [3.63, 3.8) is 0 Å². The first-order valence-corrected chi connectivity index (χ1v) is 5.32. The summed E-state index contributed by atoms with van der Waals surface area (Å²) in [5.74, 6) is 0. The number of hydrogen-bond acceptors (Lipinski definition) is 1. The third kappa shape index (κ3) is 1.91. The molecule has 0 aliphatic rings.